The highest BCUT2D eigenvalue weighted by Gasteiger charge is 2.09. The Bertz CT molecular complexity index is 408. The van der Waals surface area contributed by atoms with Gasteiger partial charge in [-0.25, -0.2) is 0 Å². The molecule has 0 aromatic heterocycles. The standard InChI is InChI=1S/C13H19BrN2O2/c1-9(17)8-15-6-7-16-13(18)11-4-3-5-12(14)10(11)2/h3-5,9,15,17H,6-8H2,1-2H3,(H,16,18). The summed E-state index contributed by atoms with van der Waals surface area (Å²) in [6.45, 7) is 5.34. The van der Waals surface area contributed by atoms with E-state index in [0.717, 1.165) is 10.0 Å². The van der Waals surface area contributed by atoms with Gasteiger partial charge in [0.05, 0.1) is 6.10 Å². The average molecular weight is 315 g/mol. The van der Waals surface area contributed by atoms with E-state index in [9.17, 15) is 4.79 Å². The van der Waals surface area contributed by atoms with Gasteiger partial charge in [0.15, 0.2) is 0 Å². The molecule has 0 bridgehead atoms. The number of carbonyl (C=O) groups excluding carboxylic acids is 1. The van der Waals surface area contributed by atoms with Crippen LogP contribution in [0.2, 0.25) is 0 Å². The van der Waals surface area contributed by atoms with E-state index in [-0.39, 0.29) is 12.0 Å². The lowest BCUT2D eigenvalue weighted by molar-refractivity contribution is 0.0953. The summed E-state index contributed by atoms with van der Waals surface area (Å²) in [6, 6.07) is 5.56. The molecule has 0 spiro atoms. The molecular weight excluding hydrogens is 296 g/mol. The Hall–Kier alpha value is -0.910. The van der Waals surface area contributed by atoms with Gasteiger partial charge in [0.1, 0.15) is 0 Å². The average Bonchev–Trinajstić information content (AvgIpc) is 2.31. The number of hydrogen-bond acceptors (Lipinski definition) is 3. The Morgan fingerprint density at radius 2 is 2.17 bits per heavy atom. The molecule has 0 fully saturated rings. The van der Waals surface area contributed by atoms with Crippen molar-refractivity contribution in [3.63, 3.8) is 0 Å². The lowest BCUT2D eigenvalue weighted by Gasteiger charge is -2.10. The second kappa shape index (κ2) is 7.51. The highest BCUT2D eigenvalue weighted by atomic mass is 79.9. The topological polar surface area (TPSA) is 61.4 Å². The van der Waals surface area contributed by atoms with E-state index in [1.807, 2.05) is 19.1 Å². The van der Waals surface area contributed by atoms with Crippen LogP contribution in [-0.2, 0) is 0 Å². The van der Waals surface area contributed by atoms with E-state index in [4.69, 9.17) is 5.11 Å². The fourth-order valence-corrected chi connectivity index (χ4v) is 1.89. The molecule has 1 atom stereocenters. The molecule has 1 aromatic rings. The third-order valence-electron chi connectivity index (χ3n) is 2.54. The number of amides is 1. The van der Waals surface area contributed by atoms with Crippen molar-refractivity contribution in [3.8, 4) is 0 Å². The van der Waals surface area contributed by atoms with E-state index >= 15 is 0 Å². The smallest absolute Gasteiger partial charge is 0.251 e. The number of benzene rings is 1. The predicted octanol–water partition coefficient (Wildman–Crippen LogP) is 1.46. The van der Waals surface area contributed by atoms with E-state index in [1.54, 1.807) is 13.0 Å². The van der Waals surface area contributed by atoms with Crippen LogP contribution in [0.15, 0.2) is 22.7 Å². The van der Waals surface area contributed by atoms with Gasteiger partial charge in [0.2, 0.25) is 0 Å². The number of rotatable bonds is 6. The van der Waals surface area contributed by atoms with Gasteiger partial charge in [-0.2, -0.15) is 0 Å². The monoisotopic (exact) mass is 314 g/mol. The number of aliphatic hydroxyl groups excluding tert-OH is 1. The van der Waals surface area contributed by atoms with Crippen LogP contribution in [0, 0.1) is 6.92 Å². The van der Waals surface area contributed by atoms with Crippen LogP contribution < -0.4 is 10.6 Å². The fourth-order valence-electron chi connectivity index (χ4n) is 1.52. The molecule has 3 N–H and O–H groups in total. The van der Waals surface area contributed by atoms with Gasteiger partial charge in [0.25, 0.3) is 5.91 Å². The Morgan fingerprint density at radius 3 is 2.83 bits per heavy atom. The summed E-state index contributed by atoms with van der Waals surface area (Å²) in [5, 5.41) is 14.9. The summed E-state index contributed by atoms with van der Waals surface area (Å²) in [4.78, 5) is 11.9. The van der Waals surface area contributed by atoms with Crippen molar-refractivity contribution in [3.05, 3.63) is 33.8 Å². The van der Waals surface area contributed by atoms with E-state index in [1.165, 1.54) is 0 Å². The highest BCUT2D eigenvalue weighted by Crippen LogP contribution is 2.19. The first-order valence-corrected chi connectivity index (χ1v) is 6.73. The van der Waals surface area contributed by atoms with Crippen molar-refractivity contribution in [2.45, 2.75) is 20.0 Å². The second-order valence-corrected chi connectivity index (χ2v) is 5.08. The summed E-state index contributed by atoms with van der Waals surface area (Å²) in [7, 11) is 0. The summed E-state index contributed by atoms with van der Waals surface area (Å²) in [6.07, 6.45) is -0.368. The first-order valence-electron chi connectivity index (χ1n) is 5.94. The molecule has 0 radical (unpaired) electrons. The molecule has 1 unspecified atom stereocenters. The van der Waals surface area contributed by atoms with Gasteiger partial charge in [0, 0.05) is 29.7 Å². The number of aliphatic hydroxyl groups is 1. The normalized spacial score (nSPS) is 12.2. The molecule has 0 aliphatic heterocycles. The first-order chi connectivity index (χ1) is 8.52. The SMILES string of the molecule is Cc1c(Br)cccc1C(=O)NCCNCC(C)O. The molecule has 0 saturated carbocycles. The Balaban J connectivity index is 2.39. The van der Waals surface area contributed by atoms with Gasteiger partial charge in [-0.15, -0.1) is 0 Å². The van der Waals surface area contributed by atoms with Gasteiger partial charge in [-0.3, -0.25) is 4.79 Å². The Labute approximate surface area is 116 Å². The minimum absolute atomic E-state index is 0.0763. The number of carbonyl (C=O) groups is 1. The largest absolute Gasteiger partial charge is 0.392 e. The van der Waals surface area contributed by atoms with Crippen LogP contribution in [0.3, 0.4) is 0 Å². The van der Waals surface area contributed by atoms with Crippen molar-refractivity contribution < 1.29 is 9.90 Å². The number of hydrogen-bond donors (Lipinski definition) is 3. The highest BCUT2D eigenvalue weighted by molar-refractivity contribution is 9.10. The molecule has 0 aliphatic carbocycles. The van der Waals surface area contributed by atoms with Gasteiger partial charge in [-0.1, -0.05) is 22.0 Å². The molecule has 0 saturated heterocycles. The number of halogens is 1. The van der Waals surface area contributed by atoms with Crippen LogP contribution >= 0.6 is 15.9 Å². The van der Waals surface area contributed by atoms with Crippen LogP contribution in [0.1, 0.15) is 22.8 Å². The van der Waals surface area contributed by atoms with Gasteiger partial charge >= 0.3 is 0 Å². The van der Waals surface area contributed by atoms with E-state index in [0.29, 0.717) is 25.2 Å². The molecule has 1 amide bonds. The van der Waals surface area contributed by atoms with Gasteiger partial charge in [-0.05, 0) is 31.5 Å². The quantitative estimate of drug-likeness (QED) is 0.697. The molecule has 18 heavy (non-hydrogen) atoms. The third-order valence-corrected chi connectivity index (χ3v) is 3.40. The fraction of sp³-hybridized carbons (Fsp3) is 0.462. The van der Waals surface area contributed by atoms with Crippen LogP contribution in [0.25, 0.3) is 0 Å². The van der Waals surface area contributed by atoms with Gasteiger partial charge < -0.3 is 15.7 Å². The van der Waals surface area contributed by atoms with Crippen LogP contribution in [0.4, 0.5) is 0 Å². The summed E-state index contributed by atoms with van der Waals surface area (Å²) in [5.74, 6) is -0.0763. The molecule has 0 heterocycles. The molecule has 1 aromatic carbocycles. The molecule has 4 nitrogen and oxygen atoms in total. The van der Waals surface area contributed by atoms with Crippen molar-refractivity contribution >= 4 is 21.8 Å². The maximum Gasteiger partial charge on any atom is 0.251 e. The Kier molecular flexibility index (Phi) is 6.32. The van der Waals surface area contributed by atoms with Crippen molar-refractivity contribution in [1.82, 2.24) is 10.6 Å². The summed E-state index contributed by atoms with van der Waals surface area (Å²) >= 11 is 3.40. The zero-order chi connectivity index (χ0) is 13.5. The van der Waals surface area contributed by atoms with Crippen molar-refractivity contribution in [2.75, 3.05) is 19.6 Å². The summed E-state index contributed by atoms with van der Waals surface area (Å²) < 4.78 is 0.933. The third kappa shape index (κ3) is 4.76. The second-order valence-electron chi connectivity index (χ2n) is 4.22. The molecule has 100 valence electrons. The van der Waals surface area contributed by atoms with Crippen LogP contribution in [0.5, 0.6) is 0 Å². The number of nitrogens with one attached hydrogen (secondary N) is 2. The summed E-state index contributed by atoms with van der Waals surface area (Å²) in [5.41, 5.74) is 1.62. The lowest BCUT2D eigenvalue weighted by atomic mass is 10.1. The predicted molar refractivity (Wildman–Crippen MR) is 75.8 cm³/mol. The van der Waals surface area contributed by atoms with Crippen molar-refractivity contribution in [1.29, 1.82) is 0 Å². The van der Waals surface area contributed by atoms with Crippen molar-refractivity contribution in [2.24, 2.45) is 0 Å². The minimum Gasteiger partial charge on any atom is -0.392 e. The van der Waals surface area contributed by atoms with E-state index < -0.39 is 0 Å². The lowest BCUT2D eigenvalue weighted by Crippen LogP contribution is -2.34. The maximum atomic E-state index is 11.9. The zero-order valence-corrected chi connectivity index (χ0v) is 12.3. The molecule has 1 rings (SSSR count). The molecule has 5 heteroatoms. The first kappa shape index (κ1) is 15.1. The minimum atomic E-state index is -0.368. The maximum absolute atomic E-state index is 11.9. The molecule has 0 aliphatic rings. The Morgan fingerprint density at radius 1 is 1.44 bits per heavy atom. The van der Waals surface area contributed by atoms with E-state index in [2.05, 4.69) is 26.6 Å². The zero-order valence-electron chi connectivity index (χ0n) is 10.7. The molecular formula is C13H19BrN2O2. The van der Waals surface area contributed by atoms with Crippen LogP contribution in [-0.4, -0.2) is 36.8 Å².